The summed E-state index contributed by atoms with van der Waals surface area (Å²) in [7, 11) is -1.91. The highest BCUT2D eigenvalue weighted by Crippen LogP contribution is 2.30. The normalized spacial score (nSPS) is 14.6. The Kier molecular flexibility index (Phi) is 7.65. The van der Waals surface area contributed by atoms with Crippen LogP contribution in [0.2, 0.25) is 0 Å². The predicted octanol–water partition coefficient (Wildman–Crippen LogP) is 5.32. The number of ether oxygens (including phenoxy) is 1. The summed E-state index contributed by atoms with van der Waals surface area (Å²) in [4.78, 5) is 12.7. The van der Waals surface area contributed by atoms with E-state index in [1.165, 1.54) is 22.9 Å². The van der Waals surface area contributed by atoms with Gasteiger partial charge in [0, 0.05) is 24.3 Å². The van der Waals surface area contributed by atoms with Crippen LogP contribution in [0.1, 0.15) is 32.1 Å². The van der Waals surface area contributed by atoms with Gasteiger partial charge >= 0.3 is 0 Å². The first-order valence-corrected chi connectivity index (χ1v) is 13.0. The molecule has 0 unspecified atom stereocenters. The van der Waals surface area contributed by atoms with Crippen molar-refractivity contribution >= 4 is 21.6 Å². The number of nitrogens with one attached hydrogen (secondary N) is 1. The van der Waals surface area contributed by atoms with E-state index >= 15 is 0 Å². The van der Waals surface area contributed by atoms with Crippen LogP contribution in [0, 0.1) is 0 Å². The van der Waals surface area contributed by atoms with Crippen LogP contribution >= 0.6 is 0 Å². The van der Waals surface area contributed by atoms with Crippen molar-refractivity contribution in [2.45, 2.75) is 43.0 Å². The van der Waals surface area contributed by atoms with Gasteiger partial charge in [0.25, 0.3) is 5.91 Å². The minimum absolute atomic E-state index is 0.0500. The number of hydrogen-bond donors (Lipinski definition) is 1. The molecule has 0 spiro atoms. The highest BCUT2D eigenvalue weighted by Gasteiger charge is 2.28. The Hall–Kier alpha value is -3.16. The third-order valence-corrected chi connectivity index (χ3v) is 8.16. The third kappa shape index (κ3) is 5.66. The molecule has 7 heteroatoms. The molecule has 34 heavy (non-hydrogen) atoms. The predicted molar refractivity (Wildman–Crippen MR) is 134 cm³/mol. The molecule has 178 valence electrons. The highest BCUT2D eigenvalue weighted by molar-refractivity contribution is 7.89. The Labute approximate surface area is 201 Å². The van der Waals surface area contributed by atoms with E-state index in [1.807, 2.05) is 54.6 Å². The van der Waals surface area contributed by atoms with Crippen LogP contribution in [0.15, 0.2) is 83.8 Å². The van der Waals surface area contributed by atoms with Gasteiger partial charge in [-0.05, 0) is 48.7 Å². The molecule has 1 fully saturated rings. The smallest absolute Gasteiger partial charge is 0.262 e. The third-order valence-electron chi connectivity index (χ3n) is 6.23. The quantitative estimate of drug-likeness (QED) is 0.475. The van der Waals surface area contributed by atoms with Gasteiger partial charge in [0.05, 0.1) is 4.90 Å². The van der Waals surface area contributed by atoms with Crippen molar-refractivity contribution in [2.24, 2.45) is 0 Å². The number of amides is 1. The Bertz CT molecular complexity index is 1200. The van der Waals surface area contributed by atoms with Crippen LogP contribution in [-0.2, 0) is 14.8 Å². The molecule has 1 aliphatic carbocycles. The minimum atomic E-state index is -3.57. The number of hydrogen-bond acceptors (Lipinski definition) is 4. The second-order valence-electron chi connectivity index (χ2n) is 8.54. The van der Waals surface area contributed by atoms with Gasteiger partial charge in [-0.25, -0.2) is 8.42 Å². The van der Waals surface area contributed by atoms with Gasteiger partial charge in [0.1, 0.15) is 5.75 Å². The fourth-order valence-electron chi connectivity index (χ4n) is 4.31. The molecule has 1 saturated carbocycles. The van der Waals surface area contributed by atoms with Crippen molar-refractivity contribution in [3.05, 3.63) is 78.9 Å². The van der Waals surface area contributed by atoms with Crippen LogP contribution in [-0.4, -0.2) is 38.3 Å². The summed E-state index contributed by atoms with van der Waals surface area (Å²) in [5, 5.41) is 2.77. The topological polar surface area (TPSA) is 75.7 Å². The van der Waals surface area contributed by atoms with Gasteiger partial charge in [0.2, 0.25) is 10.0 Å². The Morgan fingerprint density at radius 1 is 0.912 bits per heavy atom. The lowest BCUT2D eigenvalue weighted by Gasteiger charge is -2.30. The van der Waals surface area contributed by atoms with Gasteiger partial charge < -0.3 is 10.1 Å². The molecule has 0 saturated heterocycles. The average Bonchev–Trinajstić information content (AvgIpc) is 2.88. The fourth-order valence-corrected chi connectivity index (χ4v) is 5.72. The second-order valence-corrected chi connectivity index (χ2v) is 10.5. The summed E-state index contributed by atoms with van der Waals surface area (Å²) in [5.74, 6) is 0.300. The van der Waals surface area contributed by atoms with E-state index in [0.717, 1.165) is 36.8 Å². The SMILES string of the molecule is CN(C1CCCCC1)S(=O)(=O)c1ccc(NC(=O)COc2ccccc2-c2ccccc2)cc1. The molecule has 1 N–H and O–H groups in total. The molecule has 1 aliphatic rings. The molecule has 3 aromatic rings. The first-order valence-electron chi connectivity index (χ1n) is 11.6. The number of carbonyl (C=O) groups is 1. The number of rotatable bonds is 8. The first kappa shape index (κ1) is 24.0. The number of para-hydroxylation sites is 1. The van der Waals surface area contributed by atoms with Crippen molar-refractivity contribution < 1.29 is 17.9 Å². The zero-order valence-corrected chi connectivity index (χ0v) is 20.1. The monoisotopic (exact) mass is 478 g/mol. The molecule has 1 amide bonds. The van der Waals surface area contributed by atoms with E-state index in [0.29, 0.717) is 11.4 Å². The van der Waals surface area contributed by atoms with E-state index in [1.54, 1.807) is 19.2 Å². The van der Waals surface area contributed by atoms with Crippen LogP contribution in [0.5, 0.6) is 5.75 Å². The maximum absolute atomic E-state index is 13.0. The standard InChI is InChI=1S/C27H30N2O4S/c1-29(23-12-6-3-7-13-23)34(31,32)24-18-16-22(17-19-24)28-27(30)20-33-26-15-9-8-14-25(26)21-10-4-2-5-11-21/h2,4-5,8-11,14-19,23H,3,6-7,12-13,20H2,1H3,(H,28,30). The Morgan fingerprint density at radius 3 is 2.26 bits per heavy atom. The van der Waals surface area contributed by atoms with Crippen molar-refractivity contribution in [3.63, 3.8) is 0 Å². The molecule has 0 atom stereocenters. The summed E-state index contributed by atoms with van der Waals surface area (Å²) in [5.41, 5.74) is 2.44. The number of anilines is 1. The molecule has 6 nitrogen and oxygen atoms in total. The molecule has 0 heterocycles. The van der Waals surface area contributed by atoms with E-state index in [2.05, 4.69) is 5.32 Å². The maximum atomic E-state index is 13.0. The van der Waals surface area contributed by atoms with Crippen molar-refractivity contribution in [1.29, 1.82) is 0 Å². The molecule has 0 radical (unpaired) electrons. The number of nitrogens with zero attached hydrogens (tertiary/aromatic N) is 1. The van der Waals surface area contributed by atoms with E-state index in [9.17, 15) is 13.2 Å². The zero-order valence-electron chi connectivity index (χ0n) is 19.3. The van der Waals surface area contributed by atoms with Gasteiger partial charge in [-0.15, -0.1) is 0 Å². The van der Waals surface area contributed by atoms with Crippen LogP contribution < -0.4 is 10.1 Å². The fraction of sp³-hybridized carbons (Fsp3) is 0.296. The van der Waals surface area contributed by atoms with Gasteiger partial charge in [-0.3, -0.25) is 4.79 Å². The van der Waals surface area contributed by atoms with E-state index < -0.39 is 10.0 Å². The zero-order chi connectivity index (χ0) is 24.0. The Morgan fingerprint density at radius 2 is 1.56 bits per heavy atom. The highest BCUT2D eigenvalue weighted by atomic mass is 32.2. The van der Waals surface area contributed by atoms with E-state index in [4.69, 9.17) is 4.74 Å². The summed E-state index contributed by atoms with van der Waals surface area (Å²) in [6.45, 7) is -0.158. The molecule has 0 aliphatic heterocycles. The number of sulfonamides is 1. The largest absolute Gasteiger partial charge is 0.483 e. The van der Waals surface area contributed by atoms with Gasteiger partial charge in [-0.2, -0.15) is 4.31 Å². The van der Waals surface area contributed by atoms with Gasteiger partial charge in [-0.1, -0.05) is 67.8 Å². The molecule has 3 aromatic carbocycles. The van der Waals surface area contributed by atoms with Crippen molar-refractivity contribution in [3.8, 4) is 16.9 Å². The molecule has 0 aromatic heterocycles. The number of benzene rings is 3. The summed E-state index contributed by atoms with van der Waals surface area (Å²) < 4.78 is 33.3. The summed E-state index contributed by atoms with van der Waals surface area (Å²) >= 11 is 0. The van der Waals surface area contributed by atoms with Crippen LogP contribution in [0.4, 0.5) is 5.69 Å². The second kappa shape index (κ2) is 10.8. The lowest BCUT2D eigenvalue weighted by atomic mass is 9.96. The number of carbonyl (C=O) groups excluding carboxylic acids is 1. The molecular formula is C27H30N2O4S. The molecule has 0 bridgehead atoms. The summed E-state index contributed by atoms with van der Waals surface area (Å²) in [6, 6.07) is 23.8. The lowest BCUT2D eigenvalue weighted by molar-refractivity contribution is -0.118. The van der Waals surface area contributed by atoms with Crippen LogP contribution in [0.3, 0.4) is 0 Å². The first-order chi connectivity index (χ1) is 16.4. The maximum Gasteiger partial charge on any atom is 0.262 e. The molecule has 4 rings (SSSR count). The minimum Gasteiger partial charge on any atom is -0.483 e. The van der Waals surface area contributed by atoms with Crippen molar-refractivity contribution in [2.75, 3.05) is 19.0 Å². The van der Waals surface area contributed by atoms with Gasteiger partial charge in [0.15, 0.2) is 6.61 Å². The Balaban J connectivity index is 1.37. The molecular weight excluding hydrogens is 448 g/mol. The van der Waals surface area contributed by atoms with Crippen LogP contribution in [0.25, 0.3) is 11.1 Å². The summed E-state index contributed by atoms with van der Waals surface area (Å²) in [6.07, 6.45) is 5.09. The van der Waals surface area contributed by atoms with Crippen molar-refractivity contribution in [1.82, 2.24) is 4.31 Å². The van der Waals surface area contributed by atoms with E-state index in [-0.39, 0.29) is 23.5 Å². The lowest BCUT2D eigenvalue weighted by Crippen LogP contribution is -2.38. The average molecular weight is 479 g/mol.